The number of aromatic nitrogens is 2. The number of rotatable bonds is 6. The highest BCUT2D eigenvalue weighted by molar-refractivity contribution is 7.89. The van der Waals surface area contributed by atoms with Gasteiger partial charge in [0, 0.05) is 57.1 Å². The summed E-state index contributed by atoms with van der Waals surface area (Å²) in [4.78, 5) is 29.5. The maximum Gasteiger partial charge on any atom is 0.274 e. The number of nitrogens with zero attached hydrogens (tertiary/aromatic N) is 5. The van der Waals surface area contributed by atoms with Crippen molar-refractivity contribution in [3.8, 4) is 0 Å². The first-order valence-electron chi connectivity index (χ1n) is 11.6. The van der Waals surface area contributed by atoms with Gasteiger partial charge in [-0.2, -0.15) is 9.40 Å². The number of amides is 2. The van der Waals surface area contributed by atoms with Gasteiger partial charge in [0.25, 0.3) is 11.8 Å². The Bertz CT molecular complexity index is 1090. The van der Waals surface area contributed by atoms with E-state index in [1.165, 1.54) is 16.4 Å². The number of carbonyl (C=O) groups is 2. The largest absolute Gasteiger partial charge is 0.335 e. The molecule has 0 radical (unpaired) electrons. The molecular weight excluding hydrogens is 442 g/mol. The van der Waals surface area contributed by atoms with Crippen LogP contribution in [0.15, 0.2) is 35.2 Å². The van der Waals surface area contributed by atoms with Crippen molar-refractivity contribution in [3.05, 3.63) is 47.3 Å². The molecule has 3 heterocycles. The molecule has 1 aromatic carbocycles. The first-order valence-corrected chi connectivity index (χ1v) is 13.0. The van der Waals surface area contributed by atoms with Crippen molar-refractivity contribution in [2.45, 2.75) is 44.6 Å². The molecule has 178 valence electrons. The predicted octanol–water partition coefficient (Wildman–Crippen LogP) is 1.85. The predicted molar refractivity (Wildman–Crippen MR) is 124 cm³/mol. The van der Waals surface area contributed by atoms with Crippen molar-refractivity contribution in [2.24, 2.45) is 0 Å². The first-order chi connectivity index (χ1) is 15.8. The van der Waals surface area contributed by atoms with Crippen molar-refractivity contribution in [2.75, 3.05) is 39.3 Å². The Labute approximate surface area is 195 Å². The zero-order valence-corrected chi connectivity index (χ0v) is 20.1. The van der Waals surface area contributed by atoms with Crippen LogP contribution >= 0.6 is 0 Å². The number of aryl methyl sites for hydroxylation is 2. The highest BCUT2D eigenvalue weighted by atomic mass is 32.2. The molecule has 0 aliphatic carbocycles. The molecular formula is C23H31N5O4S. The third kappa shape index (κ3) is 4.67. The summed E-state index contributed by atoms with van der Waals surface area (Å²) in [5.74, 6) is -0.249. The molecule has 1 fully saturated rings. The fraction of sp³-hybridized carbons (Fsp3) is 0.522. The summed E-state index contributed by atoms with van der Waals surface area (Å²) in [6, 6.07) is 7.99. The molecule has 2 amide bonds. The fourth-order valence-corrected chi connectivity index (χ4v) is 5.92. The molecule has 0 N–H and O–H groups in total. The minimum absolute atomic E-state index is 0.0880. The van der Waals surface area contributed by atoms with Crippen LogP contribution in [0, 0.1) is 0 Å². The molecule has 2 aliphatic rings. The zero-order chi connectivity index (χ0) is 23.6. The van der Waals surface area contributed by atoms with Crippen LogP contribution in [-0.4, -0.2) is 83.4 Å². The van der Waals surface area contributed by atoms with E-state index in [-0.39, 0.29) is 16.7 Å². The molecule has 10 heteroatoms. The fourth-order valence-electron chi connectivity index (χ4n) is 4.46. The number of piperazine rings is 1. The lowest BCUT2D eigenvalue weighted by Crippen LogP contribution is -2.50. The smallest absolute Gasteiger partial charge is 0.274 e. The number of hydrogen-bond donors (Lipinski definition) is 0. The quantitative estimate of drug-likeness (QED) is 0.638. The number of sulfonamides is 1. The lowest BCUT2D eigenvalue weighted by molar-refractivity contribution is 0.0531. The molecule has 1 saturated heterocycles. The van der Waals surface area contributed by atoms with Gasteiger partial charge in [-0.25, -0.2) is 8.42 Å². The van der Waals surface area contributed by atoms with Crippen molar-refractivity contribution in [1.82, 2.24) is 23.9 Å². The standard InChI is InChI=1S/C23H31N5O4S/c1-3-27(4-2)33(31,32)20-10-8-18(9-11-20)22(29)25-13-15-26(16-14-25)23(30)21-17-19-7-5-6-12-28(19)24-21/h8-11,17H,3-7,12-16H2,1-2H3. The Morgan fingerprint density at radius 1 is 0.909 bits per heavy atom. The van der Waals surface area contributed by atoms with Crippen molar-refractivity contribution in [3.63, 3.8) is 0 Å². The van der Waals surface area contributed by atoms with E-state index in [2.05, 4.69) is 5.10 Å². The van der Waals surface area contributed by atoms with Gasteiger partial charge in [0.15, 0.2) is 5.69 Å². The van der Waals surface area contributed by atoms with Crippen LogP contribution in [0.1, 0.15) is 53.2 Å². The highest BCUT2D eigenvalue weighted by Crippen LogP contribution is 2.19. The SMILES string of the molecule is CCN(CC)S(=O)(=O)c1ccc(C(=O)N2CCN(C(=O)c3cc4n(n3)CCCC4)CC2)cc1. The van der Waals surface area contributed by atoms with Gasteiger partial charge in [-0.1, -0.05) is 13.8 Å². The highest BCUT2D eigenvalue weighted by Gasteiger charge is 2.28. The number of fused-ring (bicyclic) bond motifs is 1. The van der Waals surface area contributed by atoms with E-state index in [0.717, 1.165) is 31.5 Å². The normalized spacial score (nSPS) is 16.7. The van der Waals surface area contributed by atoms with E-state index in [1.807, 2.05) is 10.7 Å². The topological polar surface area (TPSA) is 95.8 Å². The Balaban J connectivity index is 1.37. The average molecular weight is 474 g/mol. The van der Waals surface area contributed by atoms with Gasteiger partial charge >= 0.3 is 0 Å². The van der Waals surface area contributed by atoms with Gasteiger partial charge in [0.2, 0.25) is 10.0 Å². The van der Waals surface area contributed by atoms with E-state index in [4.69, 9.17) is 0 Å². The molecule has 0 atom stereocenters. The molecule has 33 heavy (non-hydrogen) atoms. The van der Waals surface area contributed by atoms with E-state index >= 15 is 0 Å². The molecule has 0 spiro atoms. The summed E-state index contributed by atoms with van der Waals surface area (Å²) in [6.07, 6.45) is 3.17. The van der Waals surface area contributed by atoms with Crippen LogP contribution in [0.4, 0.5) is 0 Å². The zero-order valence-electron chi connectivity index (χ0n) is 19.2. The summed E-state index contributed by atoms with van der Waals surface area (Å²) < 4.78 is 28.6. The summed E-state index contributed by atoms with van der Waals surface area (Å²) in [5, 5.41) is 4.47. The van der Waals surface area contributed by atoms with Crippen LogP contribution in [0.2, 0.25) is 0 Å². The Morgan fingerprint density at radius 2 is 1.52 bits per heavy atom. The Morgan fingerprint density at radius 3 is 2.09 bits per heavy atom. The summed E-state index contributed by atoms with van der Waals surface area (Å²) >= 11 is 0. The average Bonchev–Trinajstić information content (AvgIpc) is 3.28. The summed E-state index contributed by atoms with van der Waals surface area (Å²) in [6.45, 7) is 6.99. The van der Waals surface area contributed by atoms with Crippen molar-refractivity contribution in [1.29, 1.82) is 0 Å². The Hall–Kier alpha value is -2.72. The van der Waals surface area contributed by atoms with Crippen LogP contribution in [0.5, 0.6) is 0 Å². The van der Waals surface area contributed by atoms with Gasteiger partial charge in [0.1, 0.15) is 0 Å². The minimum Gasteiger partial charge on any atom is -0.335 e. The molecule has 0 saturated carbocycles. The van der Waals surface area contributed by atoms with Gasteiger partial charge in [0.05, 0.1) is 4.90 Å². The molecule has 9 nitrogen and oxygen atoms in total. The second kappa shape index (κ2) is 9.64. The monoisotopic (exact) mass is 473 g/mol. The van der Waals surface area contributed by atoms with E-state index in [9.17, 15) is 18.0 Å². The molecule has 0 unspecified atom stereocenters. The lowest BCUT2D eigenvalue weighted by Gasteiger charge is -2.34. The second-order valence-corrected chi connectivity index (χ2v) is 10.3. The van der Waals surface area contributed by atoms with Gasteiger partial charge < -0.3 is 9.80 Å². The number of benzene rings is 1. The van der Waals surface area contributed by atoms with Crippen LogP contribution in [0.3, 0.4) is 0 Å². The lowest BCUT2D eigenvalue weighted by atomic mass is 10.1. The van der Waals surface area contributed by atoms with Crippen molar-refractivity contribution < 1.29 is 18.0 Å². The maximum atomic E-state index is 12.9. The van der Waals surface area contributed by atoms with E-state index in [0.29, 0.717) is 50.5 Å². The molecule has 2 aromatic rings. The van der Waals surface area contributed by atoms with Crippen LogP contribution < -0.4 is 0 Å². The van der Waals surface area contributed by atoms with Gasteiger partial charge in [-0.05, 0) is 49.6 Å². The minimum atomic E-state index is -3.56. The van der Waals surface area contributed by atoms with Crippen molar-refractivity contribution >= 4 is 21.8 Å². The molecule has 1 aromatic heterocycles. The summed E-state index contributed by atoms with van der Waals surface area (Å²) in [7, 11) is -3.56. The molecule has 2 aliphatic heterocycles. The first kappa shape index (κ1) is 23.4. The van der Waals surface area contributed by atoms with Gasteiger partial charge in [-0.15, -0.1) is 0 Å². The molecule has 4 rings (SSSR count). The molecule has 0 bridgehead atoms. The van der Waals surface area contributed by atoms with Gasteiger partial charge in [-0.3, -0.25) is 14.3 Å². The number of carbonyl (C=O) groups excluding carboxylic acids is 2. The third-order valence-electron chi connectivity index (χ3n) is 6.43. The summed E-state index contributed by atoms with van der Waals surface area (Å²) in [5.41, 5.74) is 2.04. The third-order valence-corrected chi connectivity index (χ3v) is 8.50. The van der Waals surface area contributed by atoms with E-state index < -0.39 is 10.0 Å². The number of hydrogen-bond acceptors (Lipinski definition) is 5. The van der Waals surface area contributed by atoms with Crippen LogP contribution in [-0.2, 0) is 23.0 Å². The van der Waals surface area contributed by atoms with E-state index in [1.54, 1.807) is 35.8 Å². The Kier molecular flexibility index (Phi) is 6.85. The maximum absolute atomic E-state index is 12.9. The van der Waals surface area contributed by atoms with Crippen LogP contribution in [0.25, 0.3) is 0 Å². The second-order valence-electron chi connectivity index (χ2n) is 8.40.